The van der Waals surface area contributed by atoms with Crippen LogP contribution in [-0.2, 0) is 9.59 Å². The zero-order valence-electron chi connectivity index (χ0n) is 11.4. The largest absolute Gasteiger partial charge is 0.478 e. The summed E-state index contributed by atoms with van der Waals surface area (Å²) in [6.07, 6.45) is 2.82. The molecule has 6 nitrogen and oxygen atoms in total. The molecule has 1 aromatic rings. The van der Waals surface area contributed by atoms with Crippen LogP contribution in [0.5, 0.6) is 0 Å². The second-order valence-electron chi connectivity index (χ2n) is 4.69. The molecule has 0 radical (unpaired) electrons. The molecular formula is C15H16N2O4. The van der Waals surface area contributed by atoms with Gasteiger partial charge >= 0.3 is 5.97 Å². The van der Waals surface area contributed by atoms with Crippen molar-refractivity contribution in [3.63, 3.8) is 0 Å². The highest BCUT2D eigenvalue weighted by Gasteiger charge is 2.19. The van der Waals surface area contributed by atoms with E-state index in [-0.39, 0.29) is 11.8 Å². The smallest absolute Gasteiger partial charge is 0.328 e. The van der Waals surface area contributed by atoms with E-state index in [0.29, 0.717) is 37.2 Å². The summed E-state index contributed by atoms with van der Waals surface area (Å²) in [6, 6.07) is 6.69. The van der Waals surface area contributed by atoms with Crippen molar-refractivity contribution in [2.45, 2.75) is 6.42 Å². The van der Waals surface area contributed by atoms with Crippen LogP contribution in [0.25, 0.3) is 6.08 Å². The number of benzene rings is 1. The number of carbonyl (C=O) groups excluding carboxylic acids is 2. The highest BCUT2D eigenvalue weighted by Crippen LogP contribution is 2.10. The van der Waals surface area contributed by atoms with Crippen LogP contribution in [0, 0.1) is 0 Å². The van der Waals surface area contributed by atoms with E-state index >= 15 is 0 Å². The third-order valence-corrected chi connectivity index (χ3v) is 3.18. The lowest BCUT2D eigenvalue weighted by molar-refractivity contribution is -0.131. The maximum Gasteiger partial charge on any atom is 0.328 e. The molecule has 1 aromatic carbocycles. The number of nitrogens with one attached hydrogen (secondary N) is 1. The van der Waals surface area contributed by atoms with Crippen LogP contribution >= 0.6 is 0 Å². The summed E-state index contributed by atoms with van der Waals surface area (Å²) >= 11 is 0. The number of aliphatic carboxylic acids is 1. The SMILES string of the molecule is O=C(O)C=Cc1ccc(C(=O)N2CCNC(=O)CC2)cc1. The minimum atomic E-state index is -1.02. The van der Waals surface area contributed by atoms with Gasteiger partial charge < -0.3 is 15.3 Å². The van der Waals surface area contributed by atoms with Crippen molar-refractivity contribution in [1.29, 1.82) is 0 Å². The Morgan fingerprint density at radius 2 is 1.90 bits per heavy atom. The lowest BCUT2D eigenvalue weighted by Crippen LogP contribution is -2.34. The topological polar surface area (TPSA) is 86.7 Å². The molecule has 21 heavy (non-hydrogen) atoms. The summed E-state index contributed by atoms with van der Waals surface area (Å²) in [4.78, 5) is 35.6. The Kier molecular flexibility index (Phi) is 4.71. The molecule has 1 aliphatic rings. The maximum absolute atomic E-state index is 12.3. The summed E-state index contributed by atoms with van der Waals surface area (Å²) in [5.41, 5.74) is 1.23. The normalized spacial score (nSPS) is 15.6. The zero-order chi connectivity index (χ0) is 15.2. The third kappa shape index (κ3) is 4.17. The number of hydrogen-bond donors (Lipinski definition) is 2. The quantitative estimate of drug-likeness (QED) is 0.803. The van der Waals surface area contributed by atoms with Crippen LogP contribution in [0.1, 0.15) is 22.3 Å². The molecular weight excluding hydrogens is 272 g/mol. The van der Waals surface area contributed by atoms with Crippen molar-refractivity contribution in [3.05, 3.63) is 41.5 Å². The van der Waals surface area contributed by atoms with E-state index in [9.17, 15) is 14.4 Å². The first kappa shape index (κ1) is 14.8. The fraction of sp³-hybridized carbons (Fsp3) is 0.267. The van der Waals surface area contributed by atoms with Gasteiger partial charge in [0.1, 0.15) is 0 Å². The lowest BCUT2D eigenvalue weighted by atomic mass is 10.1. The molecule has 6 heteroatoms. The minimum Gasteiger partial charge on any atom is -0.478 e. The Hall–Kier alpha value is -2.63. The molecule has 2 amide bonds. The Balaban J connectivity index is 2.05. The third-order valence-electron chi connectivity index (χ3n) is 3.18. The Morgan fingerprint density at radius 1 is 1.19 bits per heavy atom. The number of amides is 2. The maximum atomic E-state index is 12.3. The van der Waals surface area contributed by atoms with Gasteiger partial charge in [0.15, 0.2) is 0 Å². The highest BCUT2D eigenvalue weighted by atomic mass is 16.4. The summed E-state index contributed by atoms with van der Waals surface area (Å²) in [7, 11) is 0. The van der Waals surface area contributed by atoms with Crippen LogP contribution in [0.3, 0.4) is 0 Å². The predicted octanol–water partition coefficient (Wildman–Crippen LogP) is 0.746. The molecule has 1 aliphatic heterocycles. The van der Waals surface area contributed by atoms with Crippen molar-refractivity contribution in [2.24, 2.45) is 0 Å². The first-order valence-electron chi connectivity index (χ1n) is 6.63. The van der Waals surface area contributed by atoms with Crippen LogP contribution in [-0.4, -0.2) is 47.4 Å². The first-order chi connectivity index (χ1) is 10.1. The van der Waals surface area contributed by atoms with E-state index in [4.69, 9.17) is 5.11 Å². The molecule has 2 rings (SSSR count). The van der Waals surface area contributed by atoms with Crippen molar-refractivity contribution in [3.8, 4) is 0 Å². The van der Waals surface area contributed by atoms with E-state index in [0.717, 1.165) is 6.08 Å². The van der Waals surface area contributed by atoms with E-state index in [1.165, 1.54) is 6.08 Å². The molecule has 0 bridgehead atoms. The standard InChI is InChI=1S/C15H16N2O4/c18-13-7-9-17(10-8-16-13)15(21)12-4-1-11(2-5-12)3-6-14(19)20/h1-6H,7-10H2,(H,16,18)(H,19,20). The van der Waals surface area contributed by atoms with Crippen molar-refractivity contribution >= 4 is 23.9 Å². The molecule has 1 saturated heterocycles. The lowest BCUT2D eigenvalue weighted by Gasteiger charge is -2.19. The summed E-state index contributed by atoms with van der Waals surface area (Å²) < 4.78 is 0. The van der Waals surface area contributed by atoms with Gasteiger partial charge in [-0.05, 0) is 23.8 Å². The van der Waals surface area contributed by atoms with Gasteiger partial charge in [0, 0.05) is 37.7 Å². The summed E-state index contributed by atoms with van der Waals surface area (Å²) in [6.45, 7) is 1.36. The number of rotatable bonds is 3. The average Bonchev–Trinajstić information content (AvgIpc) is 2.69. The Labute approximate surface area is 122 Å². The number of carboxylic acids is 1. The highest BCUT2D eigenvalue weighted by molar-refractivity contribution is 5.95. The van der Waals surface area contributed by atoms with Gasteiger partial charge in [-0.25, -0.2) is 4.79 Å². The molecule has 2 N–H and O–H groups in total. The van der Waals surface area contributed by atoms with Gasteiger partial charge in [-0.15, -0.1) is 0 Å². The molecule has 0 aliphatic carbocycles. The molecule has 0 aromatic heterocycles. The van der Waals surface area contributed by atoms with Gasteiger partial charge in [-0.1, -0.05) is 12.1 Å². The molecule has 110 valence electrons. The first-order valence-corrected chi connectivity index (χ1v) is 6.63. The minimum absolute atomic E-state index is 0.0422. The molecule has 0 saturated carbocycles. The monoisotopic (exact) mass is 288 g/mol. The number of hydrogen-bond acceptors (Lipinski definition) is 3. The molecule has 0 unspecified atom stereocenters. The van der Waals surface area contributed by atoms with E-state index < -0.39 is 5.97 Å². The van der Waals surface area contributed by atoms with Crippen LogP contribution < -0.4 is 5.32 Å². The average molecular weight is 288 g/mol. The van der Waals surface area contributed by atoms with Crippen LogP contribution in [0.2, 0.25) is 0 Å². The van der Waals surface area contributed by atoms with E-state index in [1.807, 2.05) is 0 Å². The van der Waals surface area contributed by atoms with Gasteiger partial charge in [0.05, 0.1) is 0 Å². The molecule has 1 heterocycles. The van der Waals surface area contributed by atoms with Crippen LogP contribution in [0.4, 0.5) is 0 Å². The number of nitrogens with zero attached hydrogens (tertiary/aromatic N) is 1. The predicted molar refractivity (Wildman–Crippen MR) is 76.6 cm³/mol. The number of carbonyl (C=O) groups is 3. The Bertz CT molecular complexity index is 578. The fourth-order valence-corrected chi connectivity index (χ4v) is 2.06. The van der Waals surface area contributed by atoms with Crippen LogP contribution in [0.15, 0.2) is 30.3 Å². The Morgan fingerprint density at radius 3 is 2.57 bits per heavy atom. The van der Waals surface area contributed by atoms with E-state index in [2.05, 4.69) is 5.32 Å². The molecule has 0 atom stereocenters. The molecule has 1 fully saturated rings. The fourth-order valence-electron chi connectivity index (χ4n) is 2.06. The summed E-state index contributed by atoms with van der Waals surface area (Å²) in [5.74, 6) is -1.18. The van der Waals surface area contributed by atoms with Gasteiger partial charge in [0.25, 0.3) is 5.91 Å². The molecule has 0 spiro atoms. The zero-order valence-corrected chi connectivity index (χ0v) is 11.4. The van der Waals surface area contributed by atoms with Gasteiger partial charge in [-0.3, -0.25) is 9.59 Å². The number of carboxylic acid groups (broad SMARTS) is 1. The van der Waals surface area contributed by atoms with Crippen molar-refractivity contribution < 1.29 is 19.5 Å². The van der Waals surface area contributed by atoms with Gasteiger partial charge in [0.2, 0.25) is 5.91 Å². The summed E-state index contributed by atoms with van der Waals surface area (Å²) in [5, 5.41) is 11.3. The van der Waals surface area contributed by atoms with E-state index in [1.54, 1.807) is 29.2 Å². The second kappa shape index (κ2) is 6.69. The van der Waals surface area contributed by atoms with Crippen molar-refractivity contribution in [2.75, 3.05) is 19.6 Å². The van der Waals surface area contributed by atoms with Crippen molar-refractivity contribution in [1.82, 2.24) is 10.2 Å². The van der Waals surface area contributed by atoms with Gasteiger partial charge in [-0.2, -0.15) is 0 Å². The second-order valence-corrected chi connectivity index (χ2v) is 4.69.